The number of rotatable bonds is 3. The number of aromatic hydroxyl groups is 1. The van der Waals surface area contributed by atoms with Gasteiger partial charge in [-0.05, 0) is 24.1 Å². The number of phenolic OH excluding ortho intramolecular Hbond substituents is 1. The molecule has 1 heterocycles. The molecule has 0 spiro atoms. The number of nitrogens with one attached hydrogen (secondary N) is 1. The Morgan fingerprint density at radius 1 is 1.35 bits per heavy atom. The summed E-state index contributed by atoms with van der Waals surface area (Å²) >= 11 is 5.73. The molecule has 0 radical (unpaired) electrons. The average Bonchev–Trinajstić information content (AvgIpc) is 2.33. The molecule has 2 rings (SSSR count). The highest BCUT2D eigenvalue weighted by atomic mass is 35.5. The van der Waals surface area contributed by atoms with E-state index >= 15 is 0 Å². The van der Waals surface area contributed by atoms with Crippen molar-refractivity contribution < 1.29 is 9.50 Å². The van der Waals surface area contributed by atoms with Crippen LogP contribution in [-0.4, -0.2) is 42.7 Å². The van der Waals surface area contributed by atoms with Gasteiger partial charge in [-0.2, -0.15) is 0 Å². The molecule has 0 aromatic heterocycles. The predicted molar refractivity (Wildman–Crippen MR) is 66.1 cm³/mol. The molecule has 1 aliphatic heterocycles. The topological polar surface area (TPSA) is 35.5 Å². The van der Waals surface area contributed by atoms with Gasteiger partial charge < -0.3 is 15.3 Å². The Balaban J connectivity index is 1.98. The van der Waals surface area contributed by atoms with Gasteiger partial charge >= 0.3 is 0 Å². The summed E-state index contributed by atoms with van der Waals surface area (Å²) in [5, 5.41) is 13.1. The second-order valence-electron chi connectivity index (χ2n) is 4.24. The van der Waals surface area contributed by atoms with Gasteiger partial charge in [-0.1, -0.05) is 11.6 Å². The molecule has 5 heteroatoms. The molecule has 0 saturated carbocycles. The third-order valence-corrected chi connectivity index (χ3v) is 3.30. The minimum atomic E-state index is -0.400. The van der Waals surface area contributed by atoms with E-state index in [1.807, 2.05) is 0 Å². The van der Waals surface area contributed by atoms with Crippen LogP contribution in [0.3, 0.4) is 0 Å². The number of halogens is 2. The highest BCUT2D eigenvalue weighted by Gasteiger charge is 2.12. The smallest absolute Gasteiger partial charge is 0.137 e. The Labute approximate surface area is 105 Å². The van der Waals surface area contributed by atoms with E-state index in [1.165, 1.54) is 6.07 Å². The van der Waals surface area contributed by atoms with Crippen LogP contribution in [0.1, 0.15) is 5.56 Å². The lowest BCUT2D eigenvalue weighted by Gasteiger charge is -2.27. The number of piperazine rings is 1. The van der Waals surface area contributed by atoms with Crippen molar-refractivity contribution >= 4 is 11.6 Å². The van der Waals surface area contributed by atoms with Crippen LogP contribution >= 0.6 is 11.6 Å². The van der Waals surface area contributed by atoms with Gasteiger partial charge in [0.15, 0.2) is 0 Å². The maximum atomic E-state index is 13.2. The summed E-state index contributed by atoms with van der Waals surface area (Å²) in [7, 11) is 0. The molecule has 3 nitrogen and oxygen atoms in total. The van der Waals surface area contributed by atoms with Gasteiger partial charge in [-0.25, -0.2) is 4.39 Å². The van der Waals surface area contributed by atoms with Crippen LogP contribution in [-0.2, 0) is 6.42 Å². The molecular weight excluding hydrogens is 243 g/mol. The summed E-state index contributed by atoms with van der Waals surface area (Å²) in [6.45, 7) is 4.76. The summed E-state index contributed by atoms with van der Waals surface area (Å²) in [6.07, 6.45) is 0.614. The molecule has 0 atom stereocenters. The summed E-state index contributed by atoms with van der Waals surface area (Å²) in [5.74, 6) is -0.397. The van der Waals surface area contributed by atoms with Crippen molar-refractivity contribution in [2.75, 3.05) is 32.7 Å². The van der Waals surface area contributed by atoms with Crippen molar-refractivity contribution in [3.63, 3.8) is 0 Å². The van der Waals surface area contributed by atoms with E-state index in [1.54, 1.807) is 0 Å². The lowest BCUT2D eigenvalue weighted by atomic mass is 10.1. The SMILES string of the molecule is Oc1c(Cl)cc(F)cc1CCN1CCNCC1. The Morgan fingerprint density at radius 3 is 2.76 bits per heavy atom. The van der Waals surface area contributed by atoms with Crippen LogP contribution in [0, 0.1) is 5.82 Å². The summed E-state index contributed by atoms with van der Waals surface area (Å²) in [6, 6.07) is 2.48. The van der Waals surface area contributed by atoms with Crippen molar-refractivity contribution in [3.05, 3.63) is 28.5 Å². The molecule has 1 saturated heterocycles. The Kier molecular flexibility index (Phi) is 4.20. The van der Waals surface area contributed by atoms with Gasteiger partial charge in [0, 0.05) is 32.7 Å². The maximum absolute atomic E-state index is 13.2. The Bertz CT molecular complexity index is 394. The van der Waals surface area contributed by atoms with Gasteiger partial charge in [0.25, 0.3) is 0 Å². The van der Waals surface area contributed by atoms with E-state index in [9.17, 15) is 9.50 Å². The lowest BCUT2D eigenvalue weighted by Crippen LogP contribution is -2.44. The largest absolute Gasteiger partial charge is 0.506 e. The van der Waals surface area contributed by atoms with Crippen LogP contribution < -0.4 is 5.32 Å². The van der Waals surface area contributed by atoms with E-state index in [0.29, 0.717) is 12.0 Å². The van der Waals surface area contributed by atoms with E-state index in [2.05, 4.69) is 10.2 Å². The fourth-order valence-corrected chi connectivity index (χ4v) is 2.25. The molecule has 1 aliphatic rings. The van der Waals surface area contributed by atoms with Gasteiger partial charge in [0.1, 0.15) is 11.6 Å². The van der Waals surface area contributed by atoms with E-state index < -0.39 is 5.82 Å². The molecule has 94 valence electrons. The monoisotopic (exact) mass is 258 g/mol. The molecule has 0 aliphatic carbocycles. The molecule has 0 amide bonds. The molecule has 0 unspecified atom stereocenters. The molecule has 17 heavy (non-hydrogen) atoms. The van der Waals surface area contributed by atoms with Crippen molar-refractivity contribution in [2.24, 2.45) is 0 Å². The third-order valence-electron chi connectivity index (χ3n) is 3.01. The molecule has 1 aromatic rings. The standard InChI is InChI=1S/C12H16ClFN2O/c13-11-8-10(14)7-9(12(11)17)1-4-16-5-2-15-3-6-16/h7-8,15,17H,1-6H2. The van der Waals surface area contributed by atoms with E-state index in [0.717, 1.165) is 38.8 Å². The van der Waals surface area contributed by atoms with E-state index in [-0.39, 0.29) is 10.8 Å². The normalized spacial score (nSPS) is 17.3. The maximum Gasteiger partial charge on any atom is 0.137 e. The Morgan fingerprint density at radius 2 is 2.06 bits per heavy atom. The quantitative estimate of drug-likeness (QED) is 0.865. The third kappa shape index (κ3) is 3.31. The first kappa shape index (κ1) is 12.6. The van der Waals surface area contributed by atoms with Gasteiger partial charge in [-0.15, -0.1) is 0 Å². The van der Waals surface area contributed by atoms with Crippen LogP contribution in [0.25, 0.3) is 0 Å². The zero-order chi connectivity index (χ0) is 12.3. The van der Waals surface area contributed by atoms with Gasteiger partial charge in [-0.3, -0.25) is 0 Å². The van der Waals surface area contributed by atoms with Crippen LogP contribution in [0.4, 0.5) is 4.39 Å². The first-order valence-corrected chi connectivity index (χ1v) is 6.14. The number of phenols is 1. The second kappa shape index (κ2) is 5.67. The predicted octanol–water partition coefficient (Wildman–Crippen LogP) is 1.63. The summed E-state index contributed by atoms with van der Waals surface area (Å²) < 4.78 is 13.2. The number of hydrogen-bond acceptors (Lipinski definition) is 3. The van der Waals surface area contributed by atoms with Gasteiger partial charge in [0.05, 0.1) is 5.02 Å². The highest BCUT2D eigenvalue weighted by molar-refractivity contribution is 6.32. The highest BCUT2D eigenvalue weighted by Crippen LogP contribution is 2.28. The summed E-state index contributed by atoms with van der Waals surface area (Å²) in [5.41, 5.74) is 0.577. The fraction of sp³-hybridized carbons (Fsp3) is 0.500. The zero-order valence-electron chi connectivity index (χ0n) is 9.55. The van der Waals surface area contributed by atoms with Crippen molar-refractivity contribution in [1.29, 1.82) is 0 Å². The van der Waals surface area contributed by atoms with Crippen LogP contribution in [0.5, 0.6) is 5.75 Å². The first-order valence-electron chi connectivity index (χ1n) is 5.77. The number of hydrogen-bond donors (Lipinski definition) is 2. The minimum Gasteiger partial charge on any atom is -0.506 e. The first-order chi connectivity index (χ1) is 8.16. The molecule has 1 aromatic carbocycles. The van der Waals surface area contributed by atoms with E-state index in [4.69, 9.17) is 11.6 Å². The lowest BCUT2D eigenvalue weighted by molar-refractivity contribution is 0.243. The second-order valence-corrected chi connectivity index (χ2v) is 4.64. The van der Waals surface area contributed by atoms with Gasteiger partial charge in [0.2, 0.25) is 0 Å². The molecular formula is C12H16ClFN2O. The minimum absolute atomic E-state index is 0.00296. The fourth-order valence-electron chi connectivity index (χ4n) is 2.02. The molecule has 0 bridgehead atoms. The zero-order valence-corrected chi connectivity index (χ0v) is 10.3. The van der Waals surface area contributed by atoms with Crippen molar-refractivity contribution in [2.45, 2.75) is 6.42 Å². The van der Waals surface area contributed by atoms with Crippen molar-refractivity contribution in [3.8, 4) is 5.75 Å². The van der Waals surface area contributed by atoms with Crippen LogP contribution in [0.15, 0.2) is 12.1 Å². The molecule has 1 fully saturated rings. The number of nitrogens with zero attached hydrogens (tertiary/aromatic N) is 1. The Hall–Kier alpha value is -0.840. The van der Waals surface area contributed by atoms with Crippen molar-refractivity contribution in [1.82, 2.24) is 10.2 Å². The molecule has 2 N–H and O–H groups in total. The van der Waals surface area contributed by atoms with Crippen LogP contribution in [0.2, 0.25) is 5.02 Å². The summed E-state index contributed by atoms with van der Waals surface area (Å²) in [4.78, 5) is 2.29. The average molecular weight is 259 g/mol. The number of benzene rings is 1.